The predicted molar refractivity (Wildman–Crippen MR) is 107 cm³/mol. The Morgan fingerprint density at radius 2 is 2.05 bits per heavy atom. The van der Waals surface area contributed by atoms with Gasteiger partial charge in [0.15, 0.2) is 5.96 Å². The molecule has 0 radical (unpaired) electrons. The van der Waals surface area contributed by atoms with Crippen LogP contribution < -0.4 is 10.6 Å². The molecule has 1 aromatic rings. The summed E-state index contributed by atoms with van der Waals surface area (Å²) in [6.07, 6.45) is 9.15. The first-order chi connectivity index (χ1) is 10.2. The second-order valence-electron chi connectivity index (χ2n) is 6.00. The van der Waals surface area contributed by atoms with Crippen LogP contribution in [0.4, 0.5) is 0 Å². The van der Waals surface area contributed by atoms with Crippen molar-refractivity contribution in [3.63, 3.8) is 0 Å². The fourth-order valence-electron chi connectivity index (χ4n) is 2.91. The number of rotatable bonds is 4. The van der Waals surface area contributed by atoms with E-state index in [4.69, 9.17) is 0 Å². The van der Waals surface area contributed by atoms with E-state index in [9.17, 15) is 0 Å². The van der Waals surface area contributed by atoms with E-state index >= 15 is 0 Å². The number of hydrogen-bond acceptors (Lipinski definition) is 1. The van der Waals surface area contributed by atoms with Crippen LogP contribution in [0, 0.1) is 0 Å². The molecular weight excluding hydrogens is 453 g/mol. The van der Waals surface area contributed by atoms with Gasteiger partial charge in [0, 0.05) is 29.5 Å². The Kier molecular flexibility index (Phi) is 6.32. The van der Waals surface area contributed by atoms with Crippen molar-refractivity contribution in [2.24, 2.45) is 4.99 Å². The number of halogens is 2. The van der Waals surface area contributed by atoms with Gasteiger partial charge in [-0.3, -0.25) is 4.99 Å². The van der Waals surface area contributed by atoms with E-state index in [1.807, 2.05) is 7.05 Å². The Morgan fingerprint density at radius 3 is 2.64 bits per heavy atom. The van der Waals surface area contributed by atoms with Gasteiger partial charge in [-0.1, -0.05) is 40.2 Å². The molecule has 1 fully saturated rings. The molecule has 2 N–H and O–H groups in total. The summed E-state index contributed by atoms with van der Waals surface area (Å²) in [6.45, 7) is 0.948. The molecule has 5 heteroatoms. The predicted octanol–water partition coefficient (Wildman–Crippen LogP) is 3.98. The summed E-state index contributed by atoms with van der Waals surface area (Å²) in [4.78, 5) is 4.35. The fraction of sp³-hybridized carbons (Fsp3) is 0.471. The van der Waals surface area contributed by atoms with Crippen LogP contribution in [0.5, 0.6) is 0 Å². The lowest BCUT2D eigenvalue weighted by atomic mass is 9.96. The van der Waals surface area contributed by atoms with Crippen LogP contribution in [0.25, 0.3) is 0 Å². The van der Waals surface area contributed by atoms with Crippen LogP contribution in [-0.4, -0.2) is 25.6 Å². The van der Waals surface area contributed by atoms with Gasteiger partial charge in [0.1, 0.15) is 0 Å². The summed E-state index contributed by atoms with van der Waals surface area (Å²) < 4.78 is 1.16. The Balaban J connectivity index is 0.00000176. The SMILES string of the molecule is CN=C(NCC1(c2cccc(Br)c2)CC1)NC1CC=CC1.I. The summed E-state index contributed by atoms with van der Waals surface area (Å²) >= 11 is 3.57. The molecule has 22 heavy (non-hydrogen) atoms. The van der Waals surface area contributed by atoms with E-state index in [0.717, 1.165) is 29.8 Å². The van der Waals surface area contributed by atoms with E-state index in [2.05, 4.69) is 68.0 Å². The van der Waals surface area contributed by atoms with Gasteiger partial charge in [-0.25, -0.2) is 0 Å². The van der Waals surface area contributed by atoms with E-state index in [1.54, 1.807) is 0 Å². The third kappa shape index (κ3) is 4.25. The molecule has 120 valence electrons. The van der Waals surface area contributed by atoms with Crippen molar-refractivity contribution in [3.05, 3.63) is 46.5 Å². The summed E-state index contributed by atoms with van der Waals surface area (Å²) in [5.74, 6) is 0.921. The second-order valence-corrected chi connectivity index (χ2v) is 6.92. The Hall–Kier alpha value is -0.560. The second kappa shape index (κ2) is 7.81. The average molecular weight is 476 g/mol. The van der Waals surface area contributed by atoms with Crippen molar-refractivity contribution in [3.8, 4) is 0 Å². The Morgan fingerprint density at radius 1 is 1.32 bits per heavy atom. The van der Waals surface area contributed by atoms with Gasteiger partial charge in [0.2, 0.25) is 0 Å². The zero-order chi connectivity index (χ0) is 14.7. The molecule has 0 aliphatic heterocycles. The zero-order valence-corrected chi connectivity index (χ0v) is 16.7. The normalized spacial score (nSPS) is 19.6. The highest BCUT2D eigenvalue weighted by molar-refractivity contribution is 14.0. The molecule has 0 aromatic heterocycles. The van der Waals surface area contributed by atoms with Gasteiger partial charge < -0.3 is 10.6 Å². The Labute approximate surface area is 158 Å². The summed E-state index contributed by atoms with van der Waals surface area (Å²) in [5, 5.41) is 7.01. The largest absolute Gasteiger partial charge is 0.356 e. The number of guanidine groups is 1. The van der Waals surface area contributed by atoms with Gasteiger partial charge in [0.25, 0.3) is 0 Å². The molecule has 0 amide bonds. The first-order valence-electron chi connectivity index (χ1n) is 7.60. The fourth-order valence-corrected chi connectivity index (χ4v) is 3.31. The van der Waals surface area contributed by atoms with Crippen molar-refractivity contribution in [1.82, 2.24) is 10.6 Å². The molecule has 0 saturated heterocycles. The van der Waals surface area contributed by atoms with E-state index in [0.29, 0.717) is 6.04 Å². The summed E-state index contributed by atoms with van der Waals surface area (Å²) in [7, 11) is 1.84. The van der Waals surface area contributed by atoms with Crippen molar-refractivity contribution < 1.29 is 0 Å². The lowest BCUT2D eigenvalue weighted by Crippen LogP contribution is -2.45. The number of benzene rings is 1. The summed E-state index contributed by atoms with van der Waals surface area (Å²) in [5.41, 5.74) is 1.71. The standard InChI is InChI=1S/C17H22BrN3.HI/c1-19-16(21-15-7-2-3-8-15)20-12-17(9-10-17)13-5-4-6-14(18)11-13;/h2-6,11,15H,7-10,12H2,1H3,(H2,19,20,21);1H. The monoisotopic (exact) mass is 475 g/mol. The topological polar surface area (TPSA) is 36.4 Å². The number of nitrogens with zero attached hydrogens (tertiary/aromatic N) is 1. The average Bonchev–Trinajstić information content (AvgIpc) is 3.12. The number of hydrogen-bond donors (Lipinski definition) is 2. The maximum absolute atomic E-state index is 4.35. The molecule has 0 spiro atoms. The smallest absolute Gasteiger partial charge is 0.191 e. The number of nitrogens with one attached hydrogen (secondary N) is 2. The molecule has 1 aromatic carbocycles. The molecule has 2 aliphatic carbocycles. The highest BCUT2D eigenvalue weighted by atomic mass is 127. The molecule has 3 nitrogen and oxygen atoms in total. The first-order valence-corrected chi connectivity index (χ1v) is 8.39. The van der Waals surface area contributed by atoms with Crippen molar-refractivity contribution in [2.75, 3.05) is 13.6 Å². The van der Waals surface area contributed by atoms with Crippen LogP contribution in [0.1, 0.15) is 31.2 Å². The van der Waals surface area contributed by atoms with Gasteiger partial charge in [-0.2, -0.15) is 0 Å². The third-order valence-electron chi connectivity index (χ3n) is 4.46. The molecule has 3 rings (SSSR count). The molecule has 2 aliphatic rings. The van der Waals surface area contributed by atoms with E-state index in [-0.39, 0.29) is 29.4 Å². The minimum Gasteiger partial charge on any atom is -0.356 e. The molecule has 0 unspecified atom stereocenters. The molecule has 0 atom stereocenters. The van der Waals surface area contributed by atoms with Gasteiger partial charge >= 0.3 is 0 Å². The molecule has 1 saturated carbocycles. The Bertz CT molecular complexity index is 559. The van der Waals surface area contributed by atoms with Crippen LogP contribution in [0.15, 0.2) is 45.9 Å². The molecule has 0 bridgehead atoms. The van der Waals surface area contributed by atoms with Gasteiger partial charge in [-0.05, 0) is 43.4 Å². The maximum Gasteiger partial charge on any atom is 0.191 e. The van der Waals surface area contributed by atoms with Crippen molar-refractivity contribution >= 4 is 45.9 Å². The van der Waals surface area contributed by atoms with Crippen molar-refractivity contribution in [2.45, 2.75) is 37.1 Å². The lowest BCUT2D eigenvalue weighted by Gasteiger charge is -2.21. The highest BCUT2D eigenvalue weighted by Gasteiger charge is 2.44. The minimum absolute atomic E-state index is 0. The molecule has 0 heterocycles. The van der Waals surface area contributed by atoms with Crippen LogP contribution in [0.2, 0.25) is 0 Å². The number of aliphatic imine (C=N–C) groups is 1. The van der Waals surface area contributed by atoms with Crippen LogP contribution in [0.3, 0.4) is 0 Å². The third-order valence-corrected chi connectivity index (χ3v) is 4.95. The first kappa shape index (κ1) is 17.8. The van der Waals surface area contributed by atoms with Gasteiger partial charge in [-0.15, -0.1) is 24.0 Å². The van der Waals surface area contributed by atoms with Crippen molar-refractivity contribution in [1.29, 1.82) is 0 Å². The van der Waals surface area contributed by atoms with Crippen LogP contribution in [-0.2, 0) is 5.41 Å². The lowest BCUT2D eigenvalue weighted by molar-refractivity contribution is 0.605. The van der Waals surface area contributed by atoms with E-state index < -0.39 is 0 Å². The van der Waals surface area contributed by atoms with Gasteiger partial charge in [0.05, 0.1) is 0 Å². The minimum atomic E-state index is 0. The zero-order valence-electron chi connectivity index (χ0n) is 12.8. The van der Waals surface area contributed by atoms with E-state index in [1.165, 1.54) is 18.4 Å². The molecular formula is C17H23BrIN3. The maximum atomic E-state index is 4.35. The quantitative estimate of drug-likeness (QED) is 0.299. The van der Waals surface area contributed by atoms with Crippen LogP contribution >= 0.6 is 39.9 Å². The highest BCUT2D eigenvalue weighted by Crippen LogP contribution is 2.48. The summed E-state index contributed by atoms with van der Waals surface area (Å²) in [6, 6.07) is 9.18.